The van der Waals surface area contributed by atoms with Crippen molar-refractivity contribution in [2.24, 2.45) is 0 Å². The van der Waals surface area contributed by atoms with Crippen LogP contribution < -0.4 is 5.32 Å². The summed E-state index contributed by atoms with van der Waals surface area (Å²) in [4.78, 5) is 19.0. The molecule has 1 unspecified atom stereocenters. The molecule has 26 heavy (non-hydrogen) atoms. The first-order valence-electron chi connectivity index (χ1n) is 9.14. The smallest absolute Gasteiger partial charge is 0.318 e. The van der Waals surface area contributed by atoms with Gasteiger partial charge in [-0.15, -0.1) is 0 Å². The van der Waals surface area contributed by atoms with E-state index in [0.29, 0.717) is 0 Å². The van der Waals surface area contributed by atoms with Crippen molar-refractivity contribution in [3.05, 3.63) is 65.0 Å². The summed E-state index contributed by atoms with van der Waals surface area (Å²) < 4.78 is 5.40. The van der Waals surface area contributed by atoms with Gasteiger partial charge < -0.3 is 15.0 Å². The Morgan fingerprint density at radius 1 is 1.19 bits per heavy atom. The normalized spacial score (nSPS) is 16.3. The van der Waals surface area contributed by atoms with E-state index in [2.05, 4.69) is 42.3 Å². The lowest BCUT2D eigenvalue weighted by molar-refractivity contribution is 0.0501. The average Bonchev–Trinajstić information content (AvgIpc) is 2.69. The predicted octanol–water partition coefficient (Wildman–Crippen LogP) is 3.61. The number of hydrogen-bond acceptors (Lipinski definition) is 3. The lowest BCUT2D eigenvalue weighted by Gasteiger charge is -2.33. The number of pyridine rings is 1. The van der Waals surface area contributed by atoms with E-state index in [1.165, 1.54) is 11.1 Å². The van der Waals surface area contributed by atoms with Gasteiger partial charge in [0.05, 0.1) is 12.1 Å². The Morgan fingerprint density at radius 3 is 2.58 bits per heavy atom. The number of hydrogen-bond donors (Lipinski definition) is 1. The molecule has 0 saturated carbocycles. The van der Waals surface area contributed by atoms with Crippen LogP contribution in [0.15, 0.2) is 42.7 Å². The zero-order valence-electron chi connectivity index (χ0n) is 15.7. The maximum absolute atomic E-state index is 12.9. The Bertz CT molecular complexity index is 740. The van der Waals surface area contributed by atoms with Crippen molar-refractivity contribution in [1.29, 1.82) is 0 Å². The predicted molar refractivity (Wildman–Crippen MR) is 102 cm³/mol. The molecule has 0 aliphatic carbocycles. The minimum atomic E-state index is -0.212. The zero-order chi connectivity index (χ0) is 18.5. The molecule has 1 saturated heterocycles. The summed E-state index contributed by atoms with van der Waals surface area (Å²) in [6.07, 6.45) is 5.58. The van der Waals surface area contributed by atoms with Gasteiger partial charge in [-0.25, -0.2) is 4.79 Å². The fourth-order valence-electron chi connectivity index (χ4n) is 3.36. The number of likely N-dealkylation sites (tertiary alicyclic amines) is 1. The van der Waals surface area contributed by atoms with Crippen molar-refractivity contribution in [2.75, 3.05) is 20.2 Å². The highest BCUT2D eigenvalue weighted by molar-refractivity contribution is 5.75. The molecule has 1 aromatic carbocycles. The Kier molecular flexibility index (Phi) is 5.89. The van der Waals surface area contributed by atoms with E-state index in [1.807, 2.05) is 23.2 Å². The maximum atomic E-state index is 12.9. The fraction of sp³-hybridized carbons (Fsp3) is 0.429. The van der Waals surface area contributed by atoms with Crippen LogP contribution in [0, 0.1) is 13.8 Å². The van der Waals surface area contributed by atoms with Crippen LogP contribution in [0.5, 0.6) is 0 Å². The summed E-state index contributed by atoms with van der Waals surface area (Å²) in [7, 11) is 1.73. The Hall–Kier alpha value is -2.40. The average molecular weight is 353 g/mol. The third-order valence-corrected chi connectivity index (χ3v) is 5.21. The Morgan fingerprint density at radius 2 is 1.96 bits per heavy atom. The van der Waals surface area contributed by atoms with Crippen LogP contribution in [0.25, 0.3) is 0 Å². The van der Waals surface area contributed by atoms with Gasteiger partial charge in [0, 0.05) is 32.6 Å². The van der Waals surface area contributed by atoms with Gasteiger partial charge in [-0.1, -0.05) is 24.3 Å². The SMILES string of the molecule is COC1CCN(C(=O)NC(c2cccnc2)c2ccc(C)c(C)c2)CC1. The highest BCUT2D eigenvalue weighted by Gasteiger charge is 2.25. The first-order chi connectivity index (χ1) is 12.6. The molecule has 0 bridgehead atoms. The van der Waals surface area contributed by atoms with Gasteiger partial charge in [0.15, 0.2) is 0 Å². The summed E-state index contributed by atoms with van der Waals surface area (Å²) in [5.74, 6) is 0. The van der Waals surface area contributed by atoms with Gasteiger partial charge in [0.2, 0.25) is 0 Å². The molecule has 2 aromatic rings. The van der Waals surface area contributed by atoms with Gasteiger partial charge in [-0.05, 0) is 55.0 Å². The number of nitrogens with one attached hydrogen (secondary N) is 1. The van der Waals surface area contributed by atoms with Crippen molar-refractivity contribution in [1.82, 2.24) is 15.2 Å². The summed E-state index contributed by atoms with van der Waals surface area (Å²) >= 11 is 0. The minimum absolute atomic E-state index is 0.0355. The number of rotatable bonds is 4. The highest BCUT2D eigenvalue weighted by Crippen LogP contribution is 2.24. The lowest BCUT2D eigenvalue weighted by atomic mass is 9.96. The van der Waals surface area contributed by atoms with Crippen molar-refractivity contribution in [3.8, 4) is 0 Å². The quantitative estimate of drug-likeness (QED) is 0.913. The number of nitrogens with zero attached hydrogens (tertiary/aromatic N) is 2. The van der Waals surface area contributed by atoms with E-state index >= 15 is 0 Å². The monoisotopic (exact) mass is 353 g/mol. The Balaban J connectivity index is 1.80. The van der Waals surface area contributed by atoms with Gasteiger partial charge in [0.25, 0.3) is 0 Å². The van der Waals surface area contributed by atoms with Crippen molar-refractivity contribution in [2.45, 2.75) is 38.8 Å². The molecule has 1 atom stereocenters. The van der Waals surface area contributed by atoms with Gasteiger partial charge in [-0.2, -0.15) is 0 Å². The van der Waals surface area contributed by atoms with Crippen LogP contribution in [0.2, 0.25) is 0 Å². The van der Waals surface area contributed by atoms with E-state index in [-0.39, 0.29) is 18.2 Å². The second-order valence-corrected chi connectivity index (χ2v) is 6.93. The summed E-state index contributed by atoms with van der Waals surface area (Å²) in [5, 5.41) is 3.21. The molecule has 1 aliphatic heterocycles. The van der Waals surface area contributed by atoms with Gasteiger partial charge in [0.1, 0.15) is 0 Å². The first-order valence-corrected chi connectivity index (χ1v) is 9.14. The van der Waals surface area contributed by atoms with E-state index in [9.17, 15) is 4.79 Å². The van der Waals surface area contributed by atoms with Gasteiger partial charge >= 0.3 is 6.03 Å². The fourth-order valence-corrected chi connectivity index (χ4v) is 3.36. The number of aromatic nitrogens is 1. The van der Waals surface area contributed by atoms with Crippen LogP contribution >= 0.6 is 0 Å². The van der Waals surface area contributed by atoms with E-state index in [1.54, 1.807) is 13.3 Å². The number of aryl methyl sites for hydroxylation is 2. The zero-order valence-corrected chi connectivity index (χ0v) is 15.7. The maximum Gasteiger partial charge on any atom is 0.318 e. The molecule has 1 aliphatic rings. The van der Waals surface area contributed by atoms with E-state index in [4.69, 9.17) is 4.74 Å². The second-order valence-electron chi connectivity index (χ2n) is 6.93. The molecule has 1 fully saturated rings. The number of carbonyl (C=O) groups is 1. The lowest BCUT2D eigenvalue weighted by Crippen LogP contribution is -2.47. The summed E-state index contributed by atoms with van der Waals surface area (Å²) in [6.45, 7) is 5.63. The minimum Gasteiger partial charge on any atom is -0.381 e. The van der Waals surface area contributed by atoms with Crippen LogP contribution in [0.1, 0.15) is 41.1 Å². The molecule has 1 N–H and O–H groups in total. The summed E-state index contributed by atoms with van der Waals surface area (Å²) in [6, 6.07) is 9.98. The number of methoxy groups -OCH3 is 1. The van der Waals surface area contributed by atoms with Crippen LogP contribution in [-0.2, 0) is 4.74 Å². The Labute approximate surface area is 155 Å². The van der Waals surface area contributed by atoms with Crippen molar-refractivity contribution in [3.63, 3.8) is 0 Å². The number of urea groups is 1. The standard InChI is InChI=1S/C21H27N3O2/c1-15-6-7-17(13-16(15)2)20(18-5-4-10-22-14-18)23-21(25)24-11-8-19(26-3)9-12-24/h4-7,10,13-14,19-20H,8-9,11-12H2,1-3H3,(H,23,25). The molecule has 2 amide bonds. The van der Waals surface area contributed by atoms with Crippen molar-refractivity contribution >= 4 is 6.03 Å². The molecule has 5 heteroatoms. The molecule has 2 heterocycles. The molecule has 138 valence electrons. The third kappa shape index (κ3) is 4.22. The molecule has 1 aromatic heterocycles. The number of amides is 2. The van der Waals surface area contributed by atoms with Crippen molar-refractivity contribution < 1.29 is 9.53 Å². The molecule has 3 rings (SSSR count). The highest BCUT2D eigenvalue weighted by atomic mass is 16.5. The number of benzene rings is 1. The second kappa shape index (κ2) is 8.32. The van der Waals surface area contributed by atoms with Crippen LogP contribution in [-0.4, -0.2) is 42.2 Å². The molecular formula is C21H27N3O2. The number of ether oxygens (including phenoxy) is 1. The first kappa shape index (κ1) is 18.4. The molecule has 0 spiro atoms. The number of carbonyl (C=O) groups excluding carboxylic acids is 1. The topological polar surface area (TPSA) is 54.5 Å². The van der Waals surface area contributed by atoms with E-state index in [0.717, 1.165) is 37.1 Å². The third-order valence-electron chi connectivity index (χ3n) is 5.21. The number of piperidine rings is 1. The van der Waals surface area contributed by atoms with Crippen LogP contribution in [0.3, 0.4) is 0 Å². The molecule has 0 radical (unpaired) electrons. The van der Waals surface area contributed by atoms with Crippen LogP contribution in [0.4, 0.5) is 4.79 Å². The summed E-state index contributed by atoms with van der Waals surface area (Å²) in [5.41, 5.74) is 4.51. The molecule has 5 nitrogen and oxygen atoms in total. The van der Waals surface area contributed by atoms with Gasteiger partial charge in [-0.3, -0.25) is 4.98 Å². The van der Waals surface area contributed by atoms with E-state index < -0.39 is 0 Å². The largest absolute Gasteiger partial charge is 0.381 e. The molecular weight excluding hydrogens is 326 g/mol.